The van der Waals surface area contributed by atoms with Crippen LogP contribution in [0.1, 0.15) is 5.56 Å². The molecule has 0 bridgehead atoms. The van der Waals surface area contributed by atoms with Gasteiger partial charge in [-0.05, 0) is 48.5 Å². The van der Waals surface area contributed by atoms with E-state index in [0.29, 0.717) is 22.0 Å². The maximum absolute atomic E-state index is 13.0. The largest absolute Gasteiger partial charge is 0.337 e. The van der Waals surface area contributed by atoms with Crippen molar-refractivity contribution < 1.29 is 14.4 Å². The summed E-state index contributed by atoms with van der Waals surface area (Å²) in [5.74, 6) is -1.13. The second kappa shape index (κ2) is 8.88. The molecule has 0 atom stereocenters. The minimum atomic E-state index is -0.480. The Morgan fingerprint density at radius 3 is 2.41 bits per heavy atom. The highest BCUT2D eigenvalue weighted by Crippen LogP contribution is 2.27. The van der Waals surface area contributed by atoms with Crippen molar-refractivity contribution in [3.63, 3.8) is 0 Å². The summed E-state index contributed by atoms with van der Waals surface area (Å²) in [5, 5.41) is 5.49. The highest BCUT2D eigenvalue weighted by Gasteiger charge is 2.34. The summed E-state index contributed by atoms with van der Waals surface area (Å²) in [7, 11) is 0. The molecule has 1 aliphatic heterocycles. The highest BCUT2D eigenvalue weighted by molar-refractivity contribution is 6.32. The maximum atomic E-state index is 13.0. The van der Waals surface area contributed by atoms with E-state index in [0.717, 1.165) is 10.9 Å². The summed E-state index contributed by atoms with van der Waals surface area (Å²) in [6.07, 6.45) is 3.33. The van der Waals surface area contributed by atoms with Crippen molar-refractivity contribution >= 4 is 57.7 Å². The molecule has 0 spiro atoms. The SMILES string of the molecule is O=C(Cn1cc(/C=C2/C(=O)NN(c3ccccc3)C2=O)c2ccccc21)Nc1ccc(Cl)cc1. The van der Waals surface area contributed by atoms with Gasteiger partial charge in [0, 0.05) is 33.4 Å². The van der Waals surface area contributed by atoms with Crippen LogP contribution in [0.3, 0.4) is 0 Å². The van der Waals surface area contributed by atoms with E-state index in [2.05, 4.69) is 10.7 Å². The van der Waals surface area contributed by atoms with E-state index in [1.165, 1.54) is 5.01 Å². The fourth-order valence-electron chi connectivity index (χ4n) is 3.88. The first-order chi connectivity index (χ1) is 16.5. The van der Waals surface area contributed by atoms with Gasteiger partial charge in [0.05, 0.1) is 5.69 Å². The number of anilines is 2. The van der Waals surface area contributed by atoms with Crippen LogP contribution in [0.4, 0.5) is 11.4 Å². The van der Waals surface area contributed by atoms with E-state index in [-0.39, 0.29) is 18.0 Å². The minimum Gasteiger partial charge on any atom is -0.337 e. The first-order valence-electron chi connectivity index (χ1n) is 10.5. The molecule has 5 rings (SSSR count). The van der Waals surface area contributed by atoms with Gasteiger partial charge in [0.2, 0.25) is 5.91 Å². The summed E-state index contributed by atoms with van der Waals surface area (Å²) in [4.78, 5) is 38.2. The molecule has 1 saturated heterocycles. The quantitative estimate of drug-likeness (QED) is 0.335. The molecule has 2 N–H and O–H groups in total. The Balaban J connectivity index is 1.44. The molecule has 7 nitrogen and oxygen atoms in total. The first-order valence-corrected chi connectivity index (χ1v) is 10.9. The van der Waals surface area contributed by atoms with E-state index in [1.54, 1.807) is 65.4 Å². The summed E-state index contributed by atoms with van der Waals surface area (Å²) in [5.41, 5.74) is 5.33. The van der Waals surface area contributed by atoms with Gasteiger partial charge in [0.1, 0.15) is 12.1 Å². The number of nitrogens with zero attached hydrogens (tertiary/aromatic N) is 2. The molecule has 168 valence electrons. The van der Waals surface area contributed by atoms with Crippen LogP contribution in [-0.4, -0.2) is 22.3 Å². The predicted octanol–water partition coefficient (Wildman–Crippen LogP) is 4.39. The average Bonchev–Trinajstić information content (AvgIpc) is 3.33. The van der Waals surface area contributed by atoms with Gasteiger partial charge in [0.15, 0.2) is 0 Å². The lowest BCUT2D eigenvalue weighted by molar-refractivity contribution is -0.118. The molecule has 2 heterocycles. The van der Waals surface area contributed by atoms with Crippen molar-refractivity contribution in [2.45, 2.75) is 6.54 Å². The molecule has 3 aromatic carbocycles. The monoisotopic (exact) mass is 470 g/mol. The number of rotatable bonds is 5. The number of halogens is 1. The zero-order valence-corrected chi connectivity index (χ0v) is 18.6. The third-order valence-corrected chi connectivity index (χ3v) is 5.72. The molecule has 4 aromatic rings. The molecule has 1 aromatic heterocycles. The number of hydrazine groups is 1. The van der Waals surface area contributed by atoms with Crippen LogP contribution in [-0.2, 0) is 20.9 Å². The molecule has 1 aliphatic rings. The van der Waals surface area contributed by atoms with Gasteiger partial charge < -0.3 is 9.88 Å². The molecule has 0 aliphatic carbocycles. The normalized spacial score (nSPS) is 14.6. The number of nitrogens with one attached hydrogen (secondary N) is 2. The van der Waals surface area contributed by atoms with Gasteiger partial charge in [-0.25, -0.2) is 5.01 Å². The highest BCUT2D eigenvalue weighted by atomic mass is 35.5. The van der Waals surface area contributed by atoms with Crippen LogP contribution in [0.2, 0.25) is 5.02 Å². The van der Waals surface area contributed by atoms with Crippen LogP contribution in [0.5, 0.6) is 0 Å². The van der Waals surface area contributed by atoms with Gasteiger partial charge in [-0.3, -0.25) is 19.8 Å². The lowest BCUT2D eigenvalue weighted by atomic mass is 10.1. The van der Waals surface area contributed by atoms with E-state index in [9.17, 15) is 14.4 Å². The minimum absolute atomic E-state index is 0.0253. The van der Waals surface area contributed by atoms with Crippen molar-refractivity contribution in [3.8, 4) is 0 Å². The molecule has 8 heteroatoms. The summed E-state index contributed by atoms with van der Waals surface area (Å²) in [6, 6.07) is 23.3. The number of fused-ring (bicyclic) bond motifs is 1. The summed E-state index contributed by atoms with van der Waals surface area (Å²) >= 11 is 5.90. The zero-order valence-electron chi connectivity index (χ0n) is 17.9. The maximum Gasteiger partial charge on any atom is 0.282 e. The predicted molar refractivity (Wildman–Crippen MR) is 132 cm³/mol. The number of para-hydroxylation sites is 2. The summed E-state index contributed by atoms with van der Waals surface area (Å²) in [6.45, 7) is 0.0581. The Hall–Kier alpha value is -4.36. The number of carbonyl (C=O) groups excluding carboxylic acids is 3. The Labute approximate surface area is 200 Å². The number of carbonyl (C=O) groups is 3. The van der Waals surface area contributed by atoms with Gasteiger partial charge >= 0.3 is 0 Å². The van der Waals surface area contributed by atoms with E-state index in [4.69, 9.17) is 11.6 Å². The van der Waals surface area contributed by atoms with E-state index < -0.39 is 11.8 Å². The number of benzene rings is 3. The van der Waals surface area contributed by atoms with Crippen molar-refractivity contribution in [1.29, 1.82) is 0 Å². The number of hydrogen-bond acceptors (Lipinski definition) is 3. The lowest BCUT2D eigenvalue weighted by Gasteiger charge is -2.13. The number of amides is 3. The standard InChI is InChI=1S/C26H19ClN4O3/c27-18-10-12-19(13-11-18)28-24(32)16-30-15-17(21-8-4-5-9-23(21)30)14-22-25(33)29-31(26(22)34)20-6-2-1-3-7-20/h1-15H,16H2,(H,28,32)(H,29,33)/b22-14-. The van der Waals surface area contributed by atoms with Crippen molar-refractivity contribution in [2.24, 2.45) is 0 Å². The molecular formula is C26H19ClN4O3. The molecule has 1 fully saturated rings. The van der Waals surface area contributed by atoms with Gasteiger partial charge in [-0.2, -0.15) is 0 Å². The smallest absolute Gasteiger partial charge is 0.282 e. The fourth-order valence-corrected chi connectivity index (χ4v) is 4.01. The average molecular weight is 471 g/mol. The number of hydrogen-bond donors (Lipinski definition) is 2. The van der Waals surface area contributed by atoms with Crippen LogP contribution < -0.4 is 15.8 Å². The van der Waals surface area contributed by atoms with Gasteiger partial charge in [0.25, 0.3) is 11.8 Å². The molecular weight excluding hydrogens is 452 g/mol. The molecule has 0 saturated carbocycles. The van der Waals surface area contributed by atoms with Crippen LogP contribution in [0.25, 0.3) is 17.0 Å². The lowest BCUT2D eigenvalue weighted by Crippen LogP contribution is -2.35. The Kier molecular flexibility index (Phi) is 5.61. The molecule has 0 unspecified atom stereocenters. The van der Waals surface area contributed by atoms with Crippen molar-refractivity contribution in [1.82, 2.24) is 9.99 Å². The van der Waals surface area contributed by atoms with E-state index >= 15 is 0 Å². The summed E-state index contributed by atoms with van der Waals surface area (Å²) < 4.78 is 1.79. The third-order valence-electron chi connectivity index (χ3n) is 5.47. The van der Waals surface area contributed by atoms with E-state index in [1.807, 2.05) is 30.3 Å². The first kappa shape index (κ1) is 21.5. The van der Waals surface area contributed by atoms with Gasteiger partial charge in [-0.15, -0.1) is 0 Å². The Bertz CT molecular complexity index is 1440. The van der Waals surface area contributed by atoms with Crippen molar-refractivity contribution in [3.05, 3.63) is 101 Å². The second-order valence-electron chi connectivity index (χ2n) is 7.76. The molecule has 3 amide bonds. The van der Waals surface area contributed by atoms with Gasteiger partial charge in [-0.1, -0.05) is 48.0 Å². The fraction of sp³-hybridized carbons (Fsp3) is 0.0385. The third kappa shape index (κ3) is 4.16. The van der Waals surface area contributed by atoms with Crippen LogP contribution >= 0.6 is 11.6 Å². The zero-order chi connectivity index (χ0) is 23.7. The van der Waals surface area contributed by atoms with Crippen molar-refractivity contribution in [2.75, 3.05) is 10.3 Å². The molecule has 34 heavy (non-hydrogen) atoms. The second-order valence-corrected chi connectivity index (χ2v) is 8.20. The Morgan fingerprint density at radius 1 is 0.941 bits per heavy atom. The number of aromatic nitrogens is 1. The van der Waals surface area contributed by atoms with Crippen LogP contribution in [0.15, 0.2) is 90.6 Å². The molecule has 0 radical (unpaired) electrons. The Morgan fingerprint density at radius 2 is 1.65 bits per heavy atom. The topological polar surface area (TPSA) is 83.4 Å². The van der Waals surface area contributed by atoms with Crippen LogP contribution in [0, 0.1) is 0 Å².